The Balaban J connectivity index is 2.84. The highest BCUT2D eigenvalue weighted by Crippen LogP contribution is 2.04. The monoisotopic (exact) mass is 228 g/mol. The summed E-state index contributed by atoms with van der Waals surface area (Å²) in [5.41, 5.74) is -0.698. The van der Waals surface area contributed by atoms with Gasteiger partial charge in [-0.3, -0.25) is 0 Å². The van der Waals surface area contributed by atoms with Gasteiger partial charge < -0.3 is 9.84 Å². The molecule has 0 fully saturated rings. The van der Waals surface area contributed by atoms with Gasteiger partial charge in [0.05, 0.1) is 0 Å². The number of rotatable bonds is 9. The number of hydrogen-bond donors (Lipinski definition) is 1. The fourth-order valence-electron chi connectivity index (χ4n) is 0.918. The Morgan fingerprint density at radius 3 is 2.23 bits per heavy atom. The summed E-state index contributed by atoms with van der Waals surface area (Å²) in [5, 5.41) is 8.73. The molecular weight excluding hydrogens is 211 g/mol. The molecule has 0 aliphatic carbocycles. The number of halogens is 2. The summed E-state index contributed by atoms with van der Waals surface area (Å²) in [6.45, 7) is 1.54. The predicted molar refractivity (Wildman–Crippen MR) is 56.5 cm³/mol. The van der Waals surface area contributed by atoms with Crippen molar-refractivity contribution >= 4 is 23.2 Å². The number of aliphatic hydroxyl groups is 1. The average Bonchev–Trinajstić information content (AvgIpc) is 2.09. The van der Waals surface area contributed by atoms with Gasteiger partial charge in [-0.2, -0.15) is 0 Å². The molecule has 0 spiro atoms. The van der Waals surface area contributed by atoms with Gasteiger partial charge in [0.15, 0.2) is 0 Å². The van der Waals surface area contributed by atoms with Crippen LogP contribution in [0.5, 0.6) is 0 Å². The van der Waals surface area contributed by atoms with Crippen molar-refractivity contribution in [3.63, 3.8) is 0 Å². The van der Waals surface area contributed by atoms with Crippen molar-refractivity contribution < 1.29 is 9.84 Å². The zero-order chi connectivity index (χ0) is 9.94. The van der Waals surface area contributed by atoms with Crippen molar-refractivity contribution in [1.82, 2.24) is 0 Å². The summed E-state index contributed by atoms with van der Waals surface area (Å²) < 4.78 is 5.33. The van der Waals surface area contributed by atoms with Crippen molar-refractivity contribution in [2.24, 2.45) is 0 Å². The molecule has 1 N–H and O–H groups in total. The summed E-state index contributed by atoms with van der Waals surface area (Å²) in [7, 11) is 0. The van der Waals surface area contributed by atoms with Gasteiger partial charge in [0.2, 0.25) is 0 Å². The molecule has 0 radical (unpaired) electrons. The first kappa shape index (κ1) is 13.5. The van der Waals surface area contributed by atoms with Crippen molar-refractivity contribution in [1.29, 1.82) is 0 Å². The largest absolute Gasteiger partial charge is 0.381 e. The molecule has 4 heteroatoms. The first-order valence-corrected chi connectivity index (χ1v) is 5.70. The average molecular weight is 229 g/mol. The molecule has 13 heavy (non-hydrogen) atoms. The minimum atomic E-state index is -0.698. The lowest BCUT2D eigenvalue weighted by Crippen LogP contribution is -2.00. The van der Waals surface area contributed by atoms with Crippen LogP contribution >= 0.6 is 23.2 Å². The Hall–Kier alpha value is 0.500. The molecular formula is C9H18Cl2O2. The quantitative estimate of drug-likeness (QED) is 0.486. The van der Waals surface area contributed by atoms with Crippen molar-refractivity contribution in [3.8, 4) is 0 Å². The number of unbranched alkanes of at least 4 members (excludes halogenated alkanes) is 2. The fourth-order valence-corrected chi connectivity index (χ4v) is 1.26. The van der Waals surface area contributed by atoms with Crippen molar-refractivity contribution in [2.75, 3.05) is 19.1 Å². The summed E-state index contributed by atoms with van der Waals surface area (Å²) in [4.78, 5) is 0. The Kier molecular flexibility index (Phi) is 11.0. The Morgan fingerprint density at radius 2 is 1.69 bits per heavy atom. The topological polar surface area (TPSA) is 29.5 Å². The smallest absolute Gasteiger partial charge is 0.128 e. The molecule has 80 valence electrons. The molecule has 0 saturated carbocycles. The zero-order valence-electron chi connectivity index (χ0n) is 7.85. The van der Waals surface area contributed by atoms with Crippen LogP contribution in [0, 0.1) is 0 Å². The van der Waals surface area contributed by atoms with Crippen LogP contribution in [0.4, 0.5) is 0 Å². The van der Waals surface area contributed by atoms with E-state index in [4.69, 9.17) is 33.0 Å². The van der Waals surface area contributed by atoms with E-state index < -0.39 is 5.56 Å². The van der Waals surface area contributed by atoms with E-state index >= 15 is 0 Å². The van der Waals surface area contributed by atoms with E-state index in [0.717, 1.165) is 38.9 Å². The molecule has 0 heterocycles. The van der Waals surface area contributed by atoms with Gasteiger partial charge in [-0.1, -0.05) is 11.6 Å². The maximum atomic E-state index is 8.73. The predicted octanol–water partition coefficient (Wildman–Crippen LogP) is 2.75. The van der Waals surface area contributed by atoms with Crippen LogP contribution in [0.15, 0.2) is 0 Å². The lowest BCUT2D eigenvalue weighted by molar-refractivity contribution is 0.124. The van der Waals surface area contributed by atoms with Gasteiger partial charge in [-0.15, -0.1) is 11.6 Å². The highest BCUT2D eigenvalue weighted by molar-refractivity contribution is 6.19. The molecule has 0 rings (SSSR count). The zero-order valence-corrected chi connectivity index (χ0v) is 9.36. The van der Waals surface area contributed by atoms with Crippen molar-refractivity contribution in [2.45, 2.75) is 37.7 Å². The third kappa shape index (κ3) is 12.5. The second-order valence-electron chi connectivity index (χ2n) is 2.94. The molecule has 0 saturated heterocycles. The lowest BCUT2D eigenvalue weighted by atomic mass is 10.2. The molecule has 2 nitrogen and oxygen atoms in total. The molecule has 0 aliphatic rings. The van der Waals surface area contributed by atoms with E-state index in [0.29, 0.717) is 12.3 Å². The van der Waals surface area contributed by atoms with Gasteiger partial charge in [-0.05, 0) is 32.1 Å². The van der Waals surface area contributed by atoms with Gasteiger partial charge in [-0.25, -0.2) is 0 Å². The third-order valence-corrected chi connectivity index (χ3v) is 2.14. The van der Waals surface area contributed by atoms with E-state index in [9.17, 15) is 0 Å². The minimum absolute atomic E-state index is 0.645. The molecule has 0 aromatic carbocycles. The summed E-state index contributed by atoms with van der Waals surface area (Å²) in [5.74, 6) is 0.710. The number of ether oxygens (including phenoxy) is 1. The highest BCUT2D eigenvalue weighted by atomic mass is 35.5. The first-order chi connectivity index (χ1) is 6.27. The van der Waals surface area contributed by atoms with Gasteiger partial charge >= 0.3 is 0 Å². The second kappa shape index (κ2) is 10.6. The molecule has 0 aromatic heterocycles. The van der Waals surface area contributed by atoms with Crippen LogP contribution in [-0.2, 0) is 4.74 Å². The Morgan fingerprint density at radius 1 is 1.08 bits per heavy atom. The van der Waals surface area contributed by atoms with E-state index in [1.165, 1.54) is 0 Å². The molecule has 1 unspecified atom stereocenters. The number of alkyl halides is 2. The van der Waals surface area contributed by atoms with E-state index in [1.54, 1.807) is 0 Å². The van der Waals surface area contributed by atoms with E-state index in [2.05, 4.69) is 0 Å². The maximum absolute atomic E-state index is 8.73. The molecule has 0 bridgehead atoms. The van der Waals surface area contributed by atoms with Crippen LogP contribution < -0.4 is 0 Å². The molecule has 0 aromatic rings. The Labute approximate surface area is 90.2 Å². The molecule has 1 atom stereocenters. The van der Waals surface area contributed by atoms with Gasteiger partial charge in [0, 0.05) is 19.1 Å². The SMILES string of the molecule is OC(Cl)CCCCOCCCCCl. The number of hydrogen-bond acceptors (Lipinski definition) is 2. The summed E-state index contributed by atoms with van der Waals surface area (Å²) in [6, 6.07) is 0. The standard InChI is InChI=1S/C9H18Cl2O2/c10-6-2-4-8-13-7-3-1-5-9(11)12/h9,12H,1-8H2. The highest BCUT2D eigenvalue weighted by Gasteiger charge is 1.96. The van der Waals surface area contributed by atoms with Crippen LogP contribution in [-0.4, -0.2) is 29.8 Å². The third-order valence-electron chi connectivity index (χ3n) is 1.65. The molecule has 0 amide bonds. The van der Waals surface area contributed by atoms with Crippen LogP contribution in [0.2, 0.25) is 0 Å². The van der Waals surface area contributed by atoms with Gasteiger partial charge in [0.1, 0.15) is 5.56 Å². The summed E-state index contributed by atoms with van der Waals surface area (Å²) in [6.07, 6.45) is 4.57. The first-order valence-electron chi connectivity index (χ1n) is 4.73. The number of aliphatic hydroxyl groups excluding tert-OH is 1. The van der Waals surface area contributed by atoms with E-state index in [-0.39, 0.29) is 0 Å². The van der Waals surface area contributed by atoms with Crippen LogP contribution in [0.25, 0.3) is 0 Å². The van der Waals surface area contributed by atoms with Gasteiger partial charge in [0.25, 0.3) is 0 Å². The van der Waals surface area contributed by atoms with E-state index in [1.807, 2.05) is 0 Å². The van der Waals surface area contributed by atoms with Crippen LogP contribution in [0.3, 0.4) is 0 Å². The molecule has 0 aliphatic heterocycles. The fraction of sp³-hybridized carbons (Fsp3) is 1.00. The minimum Gasteiger partial charge on any atom is -0.381 e. The second-order valence-corrected chi connectivity index (χ2v) is 3.82. The van der Waals surface area contributed by atoms with Crippen LogP contribution in [0.1, 0.15) is 32.1 Å². The summed E-state index contributed by atoms with van der Waals surface area (Å²) >= 11 is 10.9. The Bertz CT molecular complexity index is 99.6. The lowest BCUT2D eigenvalue weighted by Gasteiger charge is -2.04. The normalized spacial score (nSPS) is 13.2. The maximum Gasteiger partial charge on any atom is 0.128 e. The van der Waals surface area contributed by atoms with Crippen molar-refractivity contribution in [3.05, 3.63) is 0 Å².